The molecule has 17 heavy (non-hydrogen) atoms. The van der Waals surface area contributed by atoms with Gasteiger partial charge < -0.3 is 5.32 Å². The van der Waals surface area contributed by atoms with E-state index in [4.69, 9.17) is 0 Å². The fourth-order valence-electron chi connectivity index (χ4n) is 2.41. The molecule has 2 rings (SSSR count). The Kier molecular flexibility index (Phi) is 3.27. The molecule has 0 aliphatic carbocycles. The van der Waals surface area contributed by atoms with Crippen LogP contribution in [0.1, 0.15) is 29.0 Å². The second-order valence-corrected chi connectivity index (χ2v) is 6.93. The first-order valence-corrected chi connectivity index (χ1v) is 7.80. The number of hydrogen-bond acceptors (Lipinski definition) is 3. The molecule has 0 bridgehead atoms. The van der Waals surface area contributed by atoms with E-state index in [0.29, 0.717) is 10.8 Å². The summed E-state index contributed by atoms with van der Waals surface area (Å²) in [6.45, 7) is 6.03. The van der Waals surface area contributed by atoms with Crippen LogP contribution in [-0.4, -0.2) is 27.8 Å². The van der Waals surface area contributed by atoms with Gasteiger partial charge in [0, 0.05) is 12.8 Å². The van der Waals surface area contributed by atoms with Gasteiger partial charge in [-0.3, -0.25) is 0 Å². The van der Waals surface area contributed by atoms with Gasteiger partial charge in [-0.25, -0.2) is 8.42 Å². The van der Waals surface area contributed by atoms with Gasteiger partial charge in [-0.15, -0.1) is 0 Å². The summed E-state index contributed by atoms with van der Waals surface area (Å²) in [5.41, 5.74) is 3.48. The number of hydrogen-bond donors (Lipinski definition) is 1. The molecule has 1 heterocycles. The highest BCUT2D eigenvalue weighted by molar-refractivity contribution is 7.90. The zero-order valence-corrected chi connectivity index (χ0v) is 11.4. The highest BCUT2D eigenvalue weighted by Gasteiger charge is 2.21. The minimum Gasteiger partial charge on any atom is -0.316 e. The topological polar surface area (TPSA) is 46.2 Å². The molecule has 1 aliphatic rings. The number of sulfone groups is 1. The molecule has 1 aliphatic heterocycles. The highest BCUT2D eigenvalue weighted by Crippen LogP contribution is 2.29. The lowest BCUT2D eigenvalue weighted by molar-refractivity contribution is 0.601. The first-order valence-electron chi connectivity index (χ1n) is 5.91. The van der Waals surface area contributed by atoms with E-state index in [-0.39, 0.29) is 0 Å². The van der Waals surface area contributed by atoms with E-state index in [1.165, 1.54) is 17.4 Å². The summed E-state index contributed by atoms with van der Waals surface area (Å²) in [5.74, 6) is 0.454. The maximum absolute atomic E-state index is 11.6. The lowest BCUT2D eigenvalue weighted by atomic mass is 9.92. The summed E-state index contributed by atoms with van der Waals surface area (Å²) in [5, 5.41) is 3.33. The summed E-state index contributed by atoms with van der Waals surface area (Å²) in [6, 6.07) is 3.63. The van der Waals surface area contributed by atoms with Gasteiger partial charge in [0.05, 0.1) is 4.90 Å². The van der Waals surface area contributed by atoms with Crippen LogP contribution < -0.4 is 5.32 Å². The first kappa shape index (κ1) is 12.6. The molecule has 1 saturated heterocycles. The van der Waals surface area contributed by atoms with Crippen molar-refractivity contribution in [3.8, 4) is 0 Å². The van der Waals surface area contributed by atoms with Gasteiger partial charge in [0.2, 0.25) is 0 Å². The Bertz CT molecular complexity index is 529. The van der Waals surface area contributed by atoms with E-state index in [2.05, 4.69) is 12.2 Å². The normalized spacial score (nSPS) is 20.8. The fraction of sp³-hybridized carbons (Fsp3) is 0.538. The van der Waals surface area contributed by atoms with Crippen molar-refractivity contribution >= 4 is 9.84 Å². The van der Waals surface area contributed by atoms with E-state index in [9.17, 15) is 8.42 Å². The van der Waals surface area contributed by atoms with Gasteiger partial charge in [0.1, 0.15) is 0 Å². The van der Waals surface area contributed by atoms with Crippen LogP contribution in [0.5, 0.6) is 0 Å². The molecular formula is C13H19NO2S. The largest absolute Gasteiger partial charge is 0.316 e. The molecule has 1 atom stereocenters. The summed E-state index contributed by atoms with van der Waals surface area (Å²) in [4.78, 5) is 0.447. The first-order chi connectivity index (χ1) is 7.89. The number of nitrogens with one attached hydrogen (secondary N) is 1. The third kappa shape index (κ3) is 2.53. The van der Waals surface area contributed by atoms with Crippen molar-refractivity contribution < 1.29 is 8.42 Å². The van der Waals surface area contributed by atoms with Crippen molar-refractivity contribution in [1.82, 2.24) is 5.32 Å². The van der Waals surface area contributed by atoms with Crippen LogP contribution in [-0.2, 0) is 9.84 Å². The van der Waals surface area contributed by atoms with Gasteiger partial charge >= 0.3 is 0 Å². The van der Waals surface area contributed by atoms with Crippen LogP contribution in [0.15, 0.2) is 17.0 Å². The lowest BCUT2D eigenvalue weighted by Gasteiger charge is -2.16. The third-order valence-corrected chi connectivity index (χ3v) is 4.70. The summed E-state index contributed by atoms with van der Waals surface area (Å²) in [7, 11) is -3.11. The molecule has 1 aromatic carbocycles. The molecule has 1 unspecified atom stereocenters. The van der Waals surface area contributed by atoms with Gasteiger partial charge in [0.15, 0.2) is 9.84 Å². The molecule has 1 N–H and O–H groups in total. The van der Waals surface area contributed by atoms with Gasteiger partial charge in [-0.1, -0.05) is 0 Å². The van der Waals surface area contributed by atoms with Crippen molar-refractivity contribution in [2.45, 2.75) is 31.1 Å². The minimum absolute atomic E-state index is 0.447. The van der Waals surface area contributed by atoms with Crippen molar-refractivity contribution in [2.75, 3.05) is 19.3 Å². The Morgan fingerprint density at radius 3 is 2.53 bits per heavy atom. The standard InChI is InChI=1S/C13H19NO2S/c1-9-6-12(17(3,15)16)7-13(10(9)2)11-4-5-14-8-11/h6-7,11,14H,4-5,8H2,1-3H3. The van der Waals surface area contributed by atoms with Crippen LogP contribution in [0.3, 0.4) is 0 Å². The van der Waals surface area contributed by atoms with Gasteiger partial charge in [-0.05, 0) is 61.6 Å². The summed E-state index contributed by atoms with van der Waals surface area (Å²) in [6.07, 6.45) is 2.36. The molecule has 1 fully saturated rings. The van der Waals surface area contributed by atoms with Crippen molar-refractivity contribution in [3.63, 3.8) is 0 Å². The average molecular weight is 253 g/mol. The van der Waals surface area contributed by atoms with E-state index >= 15 is 0 Å². The quantitative estimate of drug-likeness (QED) is 0.874. The molecule has 0 aromatic heterocycles. The fourth-order valence-corrected chi connectivity index (χ4v) is 3.14. The Labute approximate surface area is 103 Å². The second kappa shape index (κ2) is 4.42. The number of benzene rings is 1. The maximum atomic E-state index is 11.6. The van der Waals surface area contributed by atoms with Crippen LogP contribution in [0.2, 0.25) is 0 Å². The molecule has 0 saturated carbocycles. The molecule has 3 nitrogen and oxygen atoms in total. The Balaban J connectivity index is 2.54. The average Bonchev–Trinajstić information content (AvgIpc) is 2.73. The van der Waals surface area contributed by atoms with E-state index in [1.54, 1.807) is 6.07 Å². The van der Waals surface area contributed by atoms with Crippen molar-refractivity contribution in [3.05, 3.63) is 28.8 Å². The predicted octanol–water partition coefficient (Wildman–Crippen LogP) is 1.78. The monoisotopic (exact) mass is 253 g/mol. The summed E-state index contributed by atoms with van der Waals surface area (Å²) < 4.78 is 23.3. The van der Waals surface area contributed by atoms with Crippen LogP contribution in [0, 0.1) is 13.8 Å². The molecule has 0 amide bonds. The van der Waals surface area contributed by atoms with E-state index in [0.717, 1.165) is 25.1 Å². The van der Waals surface area contributed by atoms with Crippen LogP contribution in [0.4, 0.5) is 0 Å². The predicted molar refractivity (Wildman–Crippen MR) is 69.3 cm³/mol. The Morgan fingerprint density at radius 2 is 2.00 bits per heavy atom. The highest BCUT2D eigenvalue weighted by atomic mass is 32.2. The van der Waals surface area contributed by atoms with E-state index < -0.39 is 9.84 Å². The Hall–Kier alpha value is -0.870. The molecule has 94 valence electrons. The lowest BCUT2D eigenvalue weighted by Crippen LogP contribution is -2.10. The third-order valence-electron chi connectivity index (χ3n) is 3.61. The second-order valence-electron chi connectivity index (χ2n) is 4.92. The smallest absolute Gasteiger partial charge is 0.175 e. The summed E-state index contributed by atoms with van der Waals surface area (Å²) >= 11 is 0. The molecule has 0 radical (unpaired) electrons. The van der Waals surface area contributed by atoms with Crippen LogP contribution in [0.25, 0.3) is 0 Å². The molecular weight excluding hydrogens is 234 g/mol. The zero-order valence-electron chi connectivity index (χ0n) is 10.6. The van der Waals surface area contributed by atoms with Crippen LogP contribution >= 0.6 is 0 Å². The zero-order chi connectivity index (χ0) is 12.6. The van der Waals surface area contributed by atoms with Gasteiger partial charge in [-0.2, -0.15) is 0 Å². The Morgan fingerprint density at radius 1 is 1.29 bits per heavy atom. The van der Waals surface area contributed by atoms with Crippen molar-refractivity contribution in [2.24, 2.45) is 0 Å². The van der Waals surface area contributed by atoms with Gasteiger partial charge in [0.25, 0.3) is 0 Å². The maximum Gasteiger partial charge on any atom is 0.175 e. The SMILES string of the molecule is Cc1cc(S(C)(=O)=O)cc(C2CCNC2)c1C. The van der Waals surface area contributed by atoms with E-state index in [1.807, 2.05) is 13.0 Å². The minimum atomic E-state index is -3.11. The molecule has 1 aromatic rings. The molecule has 4 heteroatoms. The molecule has 0 spiro atoms. The van der Waals surface area contributed by atoms with Crippen molar-refractivity contribution in [1.29, 1.82) is 0 Å². The number of aryl methyl sites for hydroxylation is 1. The number of rotatable bonds is 2.